The number of fused-ring (bicyclic) bond motifs is 1. The Balaban J connectivity index is 1.81. The number of aryl methyl sites for hydroxylation is 2. The summed E-state index contributed by atoms with van der Waals surface area (Å²) in [6, 6.07) is 9.42. The van der Waals surface area contributed by atoms with Crippen LogP contribution in [-0.4, -0.2) is 12.0 Å². The van der Waals surface area contributed by atoms with Crippen LogP contribution in [0.2, 0.25) is 0 Å². The third-order valence-corrected chi connectivity index (χ3v) is 4.51. The van der Waals surface area contributed by atoms with Crippen molar-refractivity contribution in [2.75, 3.05) is 7.05 Å². The van der Waals surface area contributed by atoms with Crippen molar-refractivity contribution in [3.8, 4) is 0 Å². The lowest BCUT2D eigenvalue weighted by atomic mass is 9.97. The van der Waals surface area contributed by atoms with E-state index in [9.17, 15) is 0 Å². The summed E-state index contributed by atoms with van der Waals surface area (Å²) in [4.78, 5) is 4.27. The van der Waals surface area contributed by atoms with Crippen molar-refractivity contribution in [3.05, 3.63) is 63.4 Å². The SMILES string of the molecule is CNC(Cc1ccc2c(c1)CCC2)c1cncc(Br)c1. The molecule has 1 aromatic heterocycles. The van der Waals surface area contributed by atoms with E-state index in [1.807, 2.05) is 19.4 Å². The summed E-state index contributed by atoms with van der Waals surface area (Å²) in [6.07, 6.45) is 8.57. The first-order valence-electron chi connectivity index (χ1n) is 7.14. The van der Waals surface area contributed by atoms with Gasteiger partial charge in [0.05, 0.1) is 0 Å². The van der Waals surface area contributed by atoms with E-state index in [1.165, 1.54) is 30.4 Å². The maximum atomic E-state index is 4.27. The van der Waals surface area contributed by atoms with Gasteiger partial charge in [0, 0.05) is 22.9 Å². The molecule has 1 aromatic carbocycles. The number of halogens is 1. The monoisotopic (exact) mass is 330 g/mol. The Labute approximate surface area is 128 Å². The predicted octanol–water partition coefficient (Wildman–Crippen LogP) is 3.84. The number of rotatable bonds is 4. The number of hydrogen-bond donors (Lipinski definition) is 1. The lowest BCUT2D eigenvalue weighted by molar-refractivity contribution is 0.589. The van der Waals surface area contributed by atoms with E-state index < -0.39 is 0 Å². The van der Waals surface area contributed by atoms with Gasteiger partial charge in [-0.1, -0.05) is 18.2 Å². The van der Waals surface area contributed by atoms with E-state index in [0.717, 1.165) is 10.9 Å². The molecule has 0 radical (unpaired) electrons. The molecule has 3 rings (SSSR count). The molecule has 0 saturated carbocycles. The van der Waals surface area contributed by atoms with Crippen LogP contribution in [0.15, 0.2) is 41.1 Å². The third kappa shape index (κ3) is 2.94. The van der Waals surface area contributed by atoms with E-state index in [0.29, 0.717) is 6.04 Å². The minimum absolute atomic E-state index is 0.305. The number of pyridine rings is 1. The third-order valence-electron chi connectivity index (χ3n) is 4.08. The highest BCUT2D eigenvalue weighted by molar-refractivity contribution is 9.10. The quantitative estimate of drug-likeness (QED) is 0.921. The van der Waals surface area contributed by atoms with Gasteiger partial charge in [0.15, 0.2) is 0 Å². The summed E-state index contributed by atoms with van der Waals surface area (Å²) in [6.45, 7) is 0. The zero-order chi connectivity index (χ0) is 13.9. The molecule has 1 unspecified atom stereocenters. The van der Waals surface area contributed by atoms with Gasteiger partial charge in [-0.25, -0.2) is 0 Å². The van der Waals surface area contributed by atoms with Gasteiger partial charge < -0.3 is 5.32 Å². The van der Waals surface area contributed by atoms with Crippen LogP contribution in [0.3, 0.4) is 0 Å². The summed E-state index contributed by atoms with van der Waals surface area (Å²) in [7, 11) is 2.01. The van der Waals surface area contributed by atoms with Gasteiger partial charge in [0.1, 0.15) is 0 Å². The molecule has 1 aliphatic carbocycles. The maximum absolute atomic E-state index is 4.27. The lowest BCUT2D eigenvalue weighted by Crippen LogP contribution is -2.19. The van der Waals surface area contributed by atoms with Crippen molar-refractivity contribution in [1.82, 2.24) is 10.3 Å². The van der Waals surface area contributed by atoms with Crippen LogP contribution in [0.4, 0.5) is 0 Å². The van der Waals surface area contributed by atoms with Crippen molar-refractivity contribution in [1.29, 1.82) is 0 Å². The fourth-order valence-corrected chi connectivity index (χ4v) is 3.38. The standard InChI is InChI=1S/C17H19BrN2/c1-19-17(15-9-16(18)11-20-10-15)8-12-5-6-13-3-2-4-14(13)7-12/h5-7,9-11,17,19H,2-4,8H2,1H3. The molecule has 1 aliphatic rings. The molecular weight excluding hydrogens is 312 g/mol. The highest BCUT2D eigenvalue weighted by Crippen LogP contribution is 2.26. The van der Waals surface area contributed by atoms with E-state index >= 15 is 0 Å². The van der Waals surface area contributed by atoms with Gasteiger partial charge in [-0.05, 0) is 77.0 Å². The Morgan fingerprint density at radius 3 is 2.85 bits per heavy atom. The van der Waals surface area contributed by atoms with Gasteiger partial charge in [-0.15, -0.1) is 0 Å². The van der Waals surface area contributed by atoms with Gasteiger partial charge in [-0.3, -0.25) is 4.98 Å². The van der Waals surface area contributed by atoms with Crippen molar-refractivity contribution >= 4 is 15.9 Å². The van der Waals surface area contributed by atoms with Gasteiger partial charge >= 0.3 is 0 Å². The summed E-state index contributed by atoms with van der Waals surface area (Å²) in [5, 5.41) is 3.40. The Hall–Kier alpha value is -1.19. The second-order valence-corrected chi connectivity index (χ2v) is 6.35. The first-order valence-corrected chi connectivity index (χ1v) is 7.94. The molecular formula is C17H19BrN2. The molecule has 20 heavy (non-hydrogen) atoms. The predicted molar refractivity (Wildman–Crippen MR) is 85.9 cm³/mol. The molecule has 0 fully saturated rings. The number of aromatic nitrogens is 1. The lowest BCUT2D eigenvalue weighted by Gasteiger charge is -2.17. The van der Waals surface area contributed by atoms with Crippen molar-refractivity contribution in [3.63, 3.8) is 0 Å². The smallest absolute Gasteiger partial charge is 0.0410 e. The Morgan fingerprint density at radius 1 is 1.20 bits per heavy atom. The zero-order valence-electron chi connectivity index (χ0n) is 11.7. The number of hydrogen-bond acceptors (Lipinski definition) is 2. The summed E-state index contributed by atoms with van der Waals surface area (Å²) in [5.74, 6) is 0. The van der Waals surface area contributed by atoms with Crippen LogP contribution in [0.5, 0.6) is 0 Å². The second kappa shape index (κ2) is 6.06. The molecule has 1 N–H and O–H groups in total. The van der Waals surface area contributed by atoms with E-state index in [4.69, 9.17) is 0 Å². The molecule has 2 nitrogen and oxygen atoms in total. The average molecular weight is 331 g/mol. The van der Waals surface area contributed by atoms with Crippen LogP contribution in [0.25, 0.3) is 0 Å². The fraction of sp³-hybridized carbons (Fsp3) is 0.353. The molecule has 3 heteroatoms. The van der Waals surface area contributed by atoms with Crippen LogP contribution in [0, 0.1) is 0 Å². The summed E-state index contributed by atoms with van der Waals surface area (Å²) >= 11 is 3.50. The molecule has 0 spiro atoms. The van der Waals surface area contributed by atoms with Crippen molar-refractivity contribution in [2.24, 2.45) is 0 Å². The first kappa shape index (κ1) is 13.8. The van der Waals surface area contributed by atoms with Crippen LogP contribution in [-0.2, 0) is 19.3 Å². The highest BCUT2D eigenvalue weighted by atomic mass is 79.9. The highest BCUT2D eigenvalue weighted by Gasteiger charge is 2.14. The molecule has 0 aliphatic heterocycles. The number of likely N-dealkylation sites (N-methyl/N-ethyl adjacent to an activating group) is 1. The summed E-state index contributed by atoms with van der Waals surface area (Å²) in [5.41, 5.74) is 5.72. The van der Waals surface area contributed by atoms with E-state index in [-0.39, 0.29) is 0 Å². The summed E-state index contributed by atoms with van der Waals surface area (Å²) < 4.78 is 1.03. The fourth-order valence-electron chi connectivity index (χ4n) is 2.99. The Kier molecular flexibility index (Phi) is 4.18. The van der Waals surface area contributed by atoms with E-state index in [1.54, 1.807) is 11.1 Å². The maximum Gasteiger partial charge on any atom is 0.0410 e. The molecule has 104 valence electrons. The second-order valence-electron chi connectivity index (χ2n) is 5.44. The van der Waals surface area contributed by atoms with Crippen LogP contribution >= 0.6 is 15.9 Å². The molecule has 2 aromatic rings. The van der Waals surface area contributed by atoms with Crippen molar-refractivity contribution in [2.45, 2.75) is 31.7 Å². The minimum Gasteiger partial charge on any atom is -0.313 e. The van der Waals surface area contributed by atoms with Crippen molar-refractivity contribution < 1.29 is 0 Å². The molecule has 0 bridgehead atoms. The van der Waals surface area contributed by atoms with Crippen LogP contribution < -0.4 is 5.32 Å². The zero-order valence-corrected chi connectivity index (χ0v) is 13.3. The van der Waals surface area contributed by atoms with Gasteiger partial charge in [-0.2, -0.15) is 0 Å². The van der Waals surface area contributed by atoms with E-state index in [2.05, 4.69) is 50.5 Å². The number of nitrogens with one attached hydrogen (secondary N) is 1. The molecule has 0 saturated heterocycles. The minimum atomic E-state index is 0.305. The Morgan fingerprint density at radius 2 is 2.05 bits per heavy atom. The van der Waals surface area contributed by atoms with Crippen LogP contribution in [0.1, 0.15) is 34.7 Å². The topological polar surface area (TPSA) is 24.9 Å². The normalized spacial score (nSPS) is 15.1. The first-order chi connectivity index (χ1) is 9.76. The number of nitrogens with zero attached hydrogens (tertiary/aromatic N) is 1. The molecule has 1 atom stereocenters. The van der Waals surface area contributed by atoms with Gasteiger partial charge in [0.2, 0.25) is 0 Å². The molecule has 1 heterocycles. The average Bonchev–Trinajstić information content (AvgIpc) is 2.92. The Bertz CT molecular complexity index is 610. The number of benzene rings is 1. The largest absolute Gasteiger partial charge is 0.313 e. The van der Waals surface area contributed by atoms with Gasteiger partial charge in [0.25, 0.3) is 0 Å². The molecule has 0 amide bonds.